The number of anilines is 1. The zero-order chi connectivity index (χ0) is 15.8. The molecule has 21 heavy (non-hydrogen) atoms. The second-order valence-electron chi connectivity index (χ2n) is 3.90. The normalized spacial score (nSPS) is 11.0. The van der Waals surface area contributed by atoms with Gasteiger partial charge >= 0.3 is 5.97 Å². The van der Waals surface area contributed by atoms with Crippen LogP contribution in [0.3, 0.4) is 0 Å². The Balaban J connectivity index is 2.99. The van der Waals surface area contributed by atoms with E-state index >= 15 is 0 Å². The fourth-order valence-electron chi connectivity index (χ4n) is 1.47. The van der Waals surface area contributed by atoms with Crippen molar-refractivity contribution in [3.05, 3.63) is 53.9 Å². The second-order valence-corrected chi connectivity index (χ2v) is 3.90. The molecule has 0 aromatic heterocycles. The van der Waals surface area contributed by atoms with E-state index < -0.39 is 17.6 Å². The van der Waals surface area contributed by atoms with E-state index in [0.29, 0.717) is 6.61 Å². The quantitative estimate of drug-likeness (QED) is 0.363. The molecule has 0 saturated heterocycles. The van der Waals surface area contributed by atoms with Crippen molar-refractivity contribution in [3.8, 4) is 0 Å². The largest absolute Gasteiger partial charge is 0.494 e. The van der Waals surface area contributed by atoms with E-state index in [-0.39, 0.29) is 23.6 Å². The summed E-state index contributed by atoms with van der Waals surface area (Å²) in [6, 6.07) is 2.95. The van der Waals surface area contributed by atoms with Crippen molar-refractivity contribution in [1.29, 1.82) is 0 Å². The molecule has 0 spiro atoms. The van der Waals surface area contributed by atoms with Gasteiger partial charge in [0.2, 0.25) is 0 Å². The lowest BCUT2D eigenvalue weighted by Gasteiger charge is -2.11. The van der Waals surface area contributed by atoms with Gasteiger partial charge in [-0.2, -0.15) is 0 Å². The molecule has 0 amide bonds. The number of ether oxygens (including phenoxy) is 2. The van der Waals surface area contributed by atoms with Crippen LogP contribution in [0.25, 0.3) is 0 Å². The van der Waals surface area contributed by atoms with Crippen molar-refractivity contribution in [2.75, 3.05) is 18.5 Å². The zero-order valence-corrected chi connectivity index (χ0v) is 11.9. The lowest BCUT2D eigenvalue weighted by molar-refractivity contribution is -0.138. The molecule has 0 bridgehead atoms. The highest BCUT2D eigenvalue weighted by Crippen LogP contribution is 2.17. The lowest BCUT2D eigenvalue weighted by atomic mass is 10.2. The minimum Gasteiger partial charge on any atom is -0.494 e. The van der Waals surface area contributed by atoms with E-state index in [0.717, 1.165) is 18.2 Å². The van der Waals surface area contributed by atoms with E-state index in [1.807, 2.05) is 0 Å². The summed E-state index contributed by atoms with van der Waals surface area (Å²) in [7, 11) is 0. The average Bonchev–Trinajstić information content (AvgIpc) is 2.43. The van der Waals surface area contributed by atoms with Crippen molar-refractivity contribution < 1.29 is 23.0 Å². The Morgan fingerprint density at radius 1 is 1.29 bits per heavy atom. The molecule has 0 fully saturated rings. The summed E-state index contributed by atoms with van der Waals surface area (Å²) in [6.45, 7) is 7.46. The molecular formula is C15H17F2NO3. The summed E-state index contributed by atoms with van der Waals surface area (Å²) in [5, 5.41) is 2.51. The highest BCUT2D eigenvalue weighted by molar-refractivity contribution is 5.93. The molecule has 0 atom stereocenters. The van der Waals surface area contributed by atoms with Crippen molar-refractivity contribution in [1.82, 2.24) is 0 Å². The van der Waals surface area contributed by atoms with Crippen molar-refractivity contribution >= 4 is 11.7 Å². The van der Waals surface area contributed by atoms with Crippen molar-refractivity contribution in [3.63, 3.8) is 0 Å². The molecular weight excluding hydrogens is 280 g/mol. The van der Waals surface area contributed by atoms with Gasteiger partial charge in [0.1, 0.15) is 23.0 Å². The summed E-state index contributed by atoms with van der Waals surface area (Å²) < 4.78 is 36.6. The first-order chi connectivity index (χ1) is 9.99. The second kappa shape index (κ2) is 8.04. The third-order valence-corrected chi connectivity index (χ3v) is 2.41. The molecule has 0 radical (unpaired) electrons. The standard InChI is InChI=1S/C15H17F2NO3/c1-4-20-10(3)12(15(19)21-5-2)9-18-14-8-11(16)6-7-13(14)17/h6-9,18H,3-5H2,1-2H3/b12-9-. The first-order valence-electron chi connectivity index (χ1n) is 6.40. The van der Waals surface area contributed by atoms with Crippen molar-refractivity contribution in [2.45, 2.75) is 13.8 Å². The number of benzene rings is 1. The predicted molar refractivity (Wildman–Crippen MR) is 75.5 cm³/mol. The summed E-state index contributed by atoms with van der Waals surface area (Å²) in [5.41, 5.74) is -0.108. The smallest absolute Gasteiger partial charge is 0.343 e. The van der Waals surface area contributed by atoms with E-state index in [4.69, 9.17) is 9.47 Å². The summed E-state index contributed by atoms with van der Waals surface area (Å²) in [4.78, 5) is 11.8. The molecule has 1 aromatic rings. The minimum absolute atomic E-state index is 0.00219. The molecule has 0 aliphatic carbocycles. The molecule has 0 unspecified atom stereocenters. The Hall–Kier alpha value is -2.37. The molecule has 6 heteroatoms. The van der Waals surface area contributed by atoms with Crippen LogP contribution in [-0.4, -0.2) is 19.2 Å². The number of rotatable bonds is 7. The van der Waals surface area contributed by atoms with Gasteiger partial charge in [0, 0.05) is 12.3 Å². The van der Waals surface area contributed by atoms with E-state index in [9.17, 15) is 13.6 Å². The molecule has 1 N–H and O–H groups in total. The number of carbonyl (C=O) groups excluding carboxylic acids is 1. The van der Waals surface area contributed by atoms with Crippen LogP contribution < -0.4 is 5.32 Å². The summed E-state index contributed by atoms with van der Waals surface area (Å²) in [6.07, 6.45) is 1.17. The van der Waals surface area contributed by atoms with Crippen LogP contribution in [0.15, 0.2) is 42.3 Å². The topological polar surface area (TPSA) is 47.6 Å². The predicted octanol–water partition coefficient (Wildman–Crippen LogP) is 3.37. The van der Waals surface area contributed by atoms with Gasteiger partial charge in [0.05, 0.1) is 18.9 Å². The van der Waals surface area contributed by atoms with Gasteiger partial charge in [0.15, 0.2) is 0 Å². The van der Waals surface area contributed by atoms with Gasteiger partial charge in [-0.25, -0.2) is 13.6 Å². The molecule has 4 nitrogen and oxygen atoms in total. The SMILES string of the molecule is C=C(OCC)/C(=C/Nc1cc(F)ccc1F)C(=O)OCC. The van der Waals surface area contributed by atoms with E-state index in [2.05, 4.69) is 11.9 Å². The fraction of sp³-hybridized carbons (Fsp3) is 0.267. The molecule has 0 saturated carbocycles. The first kappa shape index (κ1) is 16.7. The first-order valence-corrected chi connectivity index (χ1v) is 6.40. The zero-order valence-electron chi connectivity index (χ0n) is 11.9. The Kier molecular flexibility index (Phi) is 6.39. The van der Waals surface area contributed by atoms with Crippen LogP contribution in [0.5, 0.6) is 0 Å². The summed E-state index contributed by atoms with van der Waals surface area (Å²) >= 11 is 0. The van der Waals surface area contributed by atoms with E-state index in [1.54, 1.807) is 13.8 Å². The molecule has 0 aliphatic rings. The van der Waals surface area contributed by atoms with Crippen LogP contribution >= 0.6 is 0 Å². The average molecular weight is 297 g/mol. The maximum Gasteiger partial charge on any atom is 0.343 e. The number of carbonyl (C=O) groups is 1. The van der Waals surface area contributed by atoms with Gasteiger partial charge in [-0.3, -0.25) is 0 Å². The maximum atomic E-state index is 13.5. The third kappa shape index (κ3) is 4.91. The van der Waals surface area contributed by atoms with Crippen LogP contribution in [0.4, 0.5) is 14.5 Å². The Bertz CT molecular complexity index is 536. The van der Waals surface area contributed by atoms with Gasteiger partial charge in [-0.15, -0.1) is 0 Å². The molecule has 0 aliphatic heterocycles. The monoisotopic (exact) mass is 297 g/mol. The summed E-state index contributed by atoms with van der Waals surface area (Å²) in [5.74, 6) is -1.84. The molecule has 1 rings (SSSR count). The molecule has 114 valence electrons. The van der Waals surface area contributed by atoms with Crippen molar-refractivity contribution in [2.24, 2.45) is 0 Å². The lowest BCUT2D eigenvalue weighted by Crippen LogP contribution is -2.12. The molecule has 0 heterocycles. The number of esters is 1. The Morgan fingerprint density at radius 3 is 2.57 bits per heavy atom. The minimum atomic E-state index is -0.666. The van der Waals surface area contributed by atoms with Crippen LogP contribution in [-0.2, 0) is 14.3 Å². The third-order valence-electron chi connectivity index (χ3n) is 2.41. The molecule has 1 aromatic carbocycles. The van der Waals surface area contributed by atoms with Gasteiger partial charge in [0.25, 0.3) is 0 Å². The highest BCUT2D eigenvalue weighted by Gasteiger charge is 2.16. The number of hydrogen-bond acceptors (Lipinski definition) is 4. The fourth-order valence-corrected chi connectivity index (χ4v) is 1.47. The van der Waals surface area contributed by atoms with Crippen LogP contribution in [0.1, 0.15) is 13.8 Å². The Labute approximate surface area is 122 Å². The number of nitrogens with one attached hydrogen (secondary N) is 1. The van der Waals surface area contributed by atoms with Gasteiger partial charge in [-0.05, 0) is 26.0 Å². The number of hydrogen-bond donors (Lipinski definition) is 1. The number of halogens is 2. The highest BCUT2D eigenvalue weighted by atomic mass is 19.1. The van der Waals surface area contributed by atoms with Crippen LogP contribution in [0, 0.1) is 11.6 Å². The Morgan fingerprint density at radius 2 is 1.95 bits per heavy atom. The van der Waals surface area contributed by atoms with Gasteiger partial charge < -0.3 is 14.8 Å². The van der Waals surface area contributed by atoms with Gasteiger partial charge in [-0.1, -0.05) is 6.58 Å². The van der Waals surface area contributed by atoms with E-state index in [1.165, 1.54) is 6.20 Å². The maximum absolute atomic E-state index is 13.5. The van der Waals surface area contributed by atoms with Crippen LogP contribution in [0.2, 0.25) is 0 Å².